The summed E-state index contributed by atoms with van der Waals surface area (Å²) in [7, 11) is 0. The molecule has 0 radical (unpaired) electrons. The number of hydrogen-bond donors (Lipinski definition) is 0. The van der Waals surface area contributed by atoms with Crippen LogP contribution in [0.1, 0.15) is 23.6 Å². The van der Waals surface area contributed by atoms with Gasteiger partial charge in [0.25, 0.3) is 5.56 Å². The molecule has 0 amide bonds. The second-order valence-electron chi connectivity index (χ2n) is 5.11. The molecule has 1 heterocycles. The fraction of sp³-hybridized carbons (Fsp3) is 0.375. The molecule has 5 nitrogen and oxygen atoms in total. The highest BCUT2D eigenvalue weighted by molar-refractivity contribution is 5.28. The highest BCUT2D eigenvalue weighted by atomic mass is 16.5. The number of aryl methyl sites for hydroxylation is 2. The zero-order valence-corrected chi connectivity index (χ0v) is 12.6. The third-order valence-corrected chi connectivity index (χ3v) is 3.20. The van der Waals surface area contributed by atoms with Crippen molar-refractivity contribution >= 4 is 0 Å². The van der Waals surface area contributed by atoms with Gasteiger partial charge < -0.3 is 4.74 Å². The molecule has 0 atom stereocenters. The van der Waals surface area contributed by atoms with E-state index in [0.29, 0.717) is 6.61 Å². The Kier molecular flexibility index (Phi) is 4.75. The quantitative estimate of drug-likeness (QED) is 0.841. The number of hydrogen-bond acceptors (Lipinski definition) is 3. The zero-order chi connectivity index (χ0) is 15.4. The van der Waals surface area contributed by atoms with E-state index in [-0.39, 0.29) is 24.5 Å². The van der Waals surface area contributed by atoms with Gasteiger partial charge in [-0.2, -0.15) is 0 Å². The van der Waals surface area contributed by atoms with E-state index in [1.165, 1.54) is 21.4 Å². The van der Waals surface area contributed by atoms with Gasteiger partial charge in [0.1, 0.15) is 6.73 Å². The van der Waals surface area contributed by atoms with Crippen molar-refractivity contribution in [3.05, 3.63) is 68.0 Å². The first-order valence-corrected chi connectivity index (χ1v) is 6.96. The van der Waals surface area contributed by atoms with E-state index < -0.39 is 0 Å². The van der Waals surface area contributed by atoms with Crippen molar-refractivity contribution in [2.45, 2.75) is 34.0 Å². The van der Waals surface area contributed by atoms with E-state index in [9.17, 15) is 9.59 Å². The lowest BCUT2D eigenvalue weighted by Gasteiger charge is -2.10. The second-order valence-corrected chi connectivity index (χ2v) is 5.11. The van der Waals surface area contributed by atoms with Gasteiger partial charge in [0.05, 0.1) is 6.54 Å². The van der Waals surface area contributed by atoms with Crippen LogP contribution in [0.15, 0.2) is 40.1 Å². The predicted octanol–water partition coefficient (Wildman–Crippen LogP) is 1.67. The molecule has 112 valence electrons. The summed E-state index contributed by atoms with van der Waals surface area (Å²) >= 11 is 0. The first kappa shape index (κ1) is 15.3. The van der Waals surface area contributed by atoms with Crippen LogP contribution in [0, 0.1) is 13.8 Å². The fourth-order valence-electron chi connectivity index (χ4n) is 2.33. The normalized spacial score (nSPS) is 10.8. The first-order chi connectivity index (χ1) is 10.0. The third kappa shape index (κ3) is 3.70. The Labute approximate surface area is 123 Å². The SMILES string of the molecule is CCOCn1ccc(=O)n(Cc2cc(C)cc(C)c2)c1=O. The minimum Gasteiger partial charge on any atom is -0.361 e. The Morgan fingerprint density at radius 1 is 1.10 bits per heavy atom. The maximum absolute atomic E-state index is 12.3. The van der Waals surface area contributed by atoms with Gasteiger partial charge in [0, 0.05) is 18.9 Å². The lowest BCUT2D eigenvalue weighted by molar-refractivity contribution is 0.0832. The highest BCUT2D eigenvalue weighted by Crippen LogP contribution is 2.09. The Bertz CT molecular complexity index is 724. The molecule has 0 fully saturated rings. The van der Waals surface area contributed by atoms with E-state index in [1.54, 1.807) is 0 Å². The maximum atomic E-state index is 12.3. The van der Waals surface area contributed by atoms with Crippen molar-refractivity contribution in [2.75, 3.05) is 6.61 Å². The van der Waals surface area contributed by atoms with Gasteiger partial charge >= 0.3 is 5.69 Å². The molecule has 0 aliphatic heterocycles. The maximum Gasteiger partial charge on any atom is 0.333 e. The van der Waals surface area contributed by atoms with E-state index in [1.807, 2.05) is 32.9 Å². The zero-order valence-electron chi connectivity index (χ0n) is 12.6. The van der Waals surface area contributed by atoms with Crippen molar-refractivity contribution in [1.29, 1.82) is 0 Å². The summed E-state index contributed by atoms with van der Waals surface area (Å²) < 4.78 is 7.86. The van der Waals surface area contributed by atoms with Gasteiger partial charge in [-0.15, -0.1) is 0 Å². The summed E-state index contributed by atoms with van der Waals surface area (Å²) in [6.45, 7) is 6.80. The van der Waals surface area contributed by atoms with Crippen LogP contribution in [0.3, 0.4) is 0 Å². The molecule has 0 N–H and O–H groups in total. The van der Waals surface area contributed by atoms with E-state index in [2.05, 4.69) is 6.07 Å². The van der Waals surface area contributed by atoms with Crippen molar-refractivity contribution in [2.24, 2.45) is 0 Å². The highest BCUT2D eigenvalue weighted by Gasteiger charge is 2.06. The van der Waals surface area contributed by atoms with Crippen molar-refractivity contribution in [1.82, 2.24) is 9.13 Å². The van der Waals surface area contributed by atoms with Gasteiger partial charge in [-0.05, 0) is 26.3 Å². The molecule has 0 spiro atoms. The lowest BCUT2D eigenvalue weighted by atomic mass is 10.1. The molecule has 0 aliphatic rings. The van der Waals surface area contributed by atoms with Crippen LogP contribution in [0.25, 0.3) is 0 Å². The van der Waals surface area contributed by atoms with Crippen LogP contribution < -0.4 is 11.2 Å². The fourth-order valence-corrected chi connectivity index (χ4v) is 2.33. The topological polar surface area (TPSA) is 53.2 Å². The van der Waals surface area contributed by atoms with Gasteiger partial charge in [0.15, 0.2) is 0 Å². The second kappa shape index (κ2) is 6.54. The molecule has 1 aromatic heterocycles. The molecular weight excluding hydrogens is 268 g/mol. The minimum atomic E-state index is -0.352. The summed E-state index contributed by atoms with van der Waals surface area (Å²) in [5, 5.41) is 0. The monoisotopic (exact) mass is 288 g/mol. The number of rotatable bonds is 5. The van der Waals surface area contributed by atoms with Crippen LogP contribution in [0.5, 0.6) is 0 Å². The average molecular weight is 288 g/mol. The molecule has 0 saturated heterocycles. The molecule has 0 unspecified atom stereocenters. The smallest absolute Gasteiger partial charge is 0.333 e. The molecule has 0 aliphatic carbocycles. The third-order valence-electron chi connectivity index (χ3n) is 3.20. The largest absolute Gasteiger partial charge is 0.361 e. The van der Waals surface area contributed by atoms with Crippen LogP contribution in [0.4, 0.5) is 0 Å². The van der Waals surface area contributed by atoms with E-state index >= 15 is 0 Å². The molecule has 2 aromatic rings. The summed E-state index contributed by atoms with van der Waals surface area (Å²) in [5.74, 6) is 0. The molecule has 0 bridgehead atoms. The Hall–Kier alpha value is -2.14. The molecular formula is C16H20N2O3. The van der Waals surface area contributed by atoms with Crippen LogP contribution >= 0.6 is 0 Å². The van der Waals surface area contributed by atoms with Crippen molar-refractivity contribution < 1.29 is 4.74 Å². The average Bonchev–Trinajstić information content (AvgIpc) is 2.41. The summed E-state index contributed by atoms with van der Waals surface area (Å²) in [6, 6.07) is 7.42. The van der Waals surface area contributed by atoms with Gasteiger partial charge in [-0.3, -0.25) is 13.9 Å². The predicted molar refractivity (Wildman–Crippen MR) is 81.6 cm³/mol. The van der Waals surface area contributed by atoms with Crippen molar-refractivity contribution in [3.8, 4) is 0 Å². The number of benzene rings is 1. The molecule has 2 rings (SSSR count). The van der Waals surface area contributed by atoms with Crippen LogP contribution in [-0.2, 0) is 18.0 Å². The Morgan fingerprint density at radius 2 is 1.76 bits per heavy atom. The summed E-state index contributed by atoms with van der Waals surface area (Å²) in [6.07, 6.45) is 1.47. The number of aromatic nitrogens is 2. The molecule has 1 aromatic carbocycles. The number of ether oxygens (including phenoxy) is 1. The molecule has 0 saturated carbocycles. The van der Waals surface area contributed by atoms with Crippen LogP contribution in [0.2, 0.25) is 0 Å². The first-order valence-electron chi connectivity index (χ1n) is 6.96. The number of nitrogens with zero attached hydrogens (tertiary/aromatic N) is 2. The van der Waals surface area contributed by atoms with Crippen LogP contribution in [-0.4, -0.2) is 15.7 Å². The Morgan fingerprint density at radius 3 is 2.38 bits per heavy atom. The molecule has 5 heteroatoms. The summed E-state index contributed by atoms with van der Waals surface area (Å²) in [5.41, 5.74) is 2.52. The van der Waals surface area contributed by atoms with Gasteiger partial charge in [-0.1, -0.05) is 29.3 Å². The molecule has 21 heavy (non-hydrogen) atoms. The van der Waals surface area contributed by atoms with Crippen molar-refractivity contribution in [3.63, 3.8) is 0 Å². The minimum absolute atomic E-state index is 0.155. The summed E-state index contributed by atoms with van der Waals surface area (Å²) in [4.78, 5) is 24.3. The lowest BCUT2D eigenvalue weighted by Crippen LogP contribution is -2.39. The standard InChI is InChI=1S/C16H20N2O3/c1-4-21-11-17-6-5-15(19)18(16(17)20)10-14-8-12(2)7-13(3)9-14/h5-9H,4,10-11H2,1-3H3. The van der Waals surface area contributed by atoms with E-state index in [0.717, 1.165) is 16.7 Å². The van der Waals surface area contributed by atoms with E-state index in [4.69, 9.17) is 4.74 Å². The van der Waals surface area contributed by atoms with Gasteiger partial charge in [-0.25, -0.2) is 4.79 Å². The Balaban J connectivity index is 2.39. The van der Waals surface area contributed by atoms with Gasteiger partial charge in [0.2, 0.25) is 0 Å².